The second kappa shape index (κ2) is 10.7. The Morgan fingerprint density at radius 1 is 1.23 bits per heavy atom. The molecule has 1 aliphatic rings. The standard InChI is InChI=1S/C23H32N4O3S/c1-6-8-14-31-23-25-22-24-16(5)19(21(28)29-13-7-2)20(27(22)26-23)17-9-11-18(12-10-17)30-15(3)4/h9-12,15,20H,6-8,13-14H2,1-5H3,(H,24,25,26). The van der Waals surface area contributed by atoms with Crippen molar-refractivity contribution in [3.63, 3.8) is 0 Å². The summed E-state index contributed by atoms with van der Waals surface area (Å²) in [5, 5.41) is 8.68. The highest BCUT2D eigenvalue weighted by Crippen LogP contribution is 2.37. The van der Waals surface area contributed by atoms with Gasteiger partial charge in [0.2, 0.25) is 11.1 Å². The smallest absolute Gasteiger partial charge is 0.338 e. The molecule has 168 valence electrons. The van der Waals surface area contributed by atoms with Gasteiger partial charge in [-0.3, -0.25) is 0 Å². The quantitative estimate of drug-likeness (QED) is 0.306. The lowest BCUT2D eigenvalue weighted by Crippen LogP contribution is -2.29. The van der Waals surface area contributed by atoms with E-state index in [-0.39, 0.29) is 12.1 Å². The molecule has 2 aromatic rings. The molecule has 1 N–H and O–H groups in total. The molecule has 1 aliphatic heterocycles. The fourth-order valence-corrected chi connectivity index (χ4v) is 4.26. The molecule has 7 nitrogen and oxygen atoms in total. The normalized spacial score (nSPS) is 15.6. The predicted molar refractivity (Wildman–Crippen MR) is 124 cm³/mol. The van der Waals surface area contributed by atoms with Crippen LogP contribution in [0.1, 0.15) is 65.5 Å². The first-order valence-electron chi connectivity index (χ1n) is 10.9. The molecule has 0 saturated heterocycles. The van der Waals surface area contributed by atoms with Crippen molar-refractivity contribution < 1.29 is 14.3 Å². The fraction of sp³-hybridized carbons (Fsp3) is 0.522. The molecule has 0 spiro atoms. The molecule has 1 aromatic carbocycles. The SMILES string of the molecule is CCCCSc1nc2n(n1)C(c1ccc(OC(C)C)cc1)C(C(=O)OCCC)=C(C)N2. The number of ether oxygens (including phenoxy) is 2. The van der Waals surface area contributed by atoms with E-state index < -0.39 is 6.04 Å². The lowest BCUT2D eigenvalue weighted by atomic mass is 9.96. The topological polar surface area (TPSA) is 78.3 Å². The third-order valence-corrected chi connectivity index (χ3v) is 5.71. The first-order valence-corrected chi connectivity index (χ1v) is 11.9. The number of rotatable bonds is 10. The zero-order chi connectivity index (χ0) is 22.4. The Bertz CT molecular complexity index is 921. The zero-order valence-electron chi connectivity index (χ0n) is 19.0. The van der Waals surface area contributed by atoms with Gasteiger partial charge in [-0.2, -0.15) is 4.98 Å². The average molecular weight is 445 g/mol. The molecule has 0 radical (unpaired) electrons. The molecule has 0 aliphatic carbocycles. The lowest BCUT2D eigenvalue weighted by molar-refractivity contribution is -0.139. The second-order valence-corrected chi connectivity index (χ2v) is 8.86. The van der Waals surface area contributed by atoms with Crippen LogP contribution in [0.25, 0.3) is 0 Å². The number of esters is 1. The molecule has 3 rings (SSSR count). The van der Waals surface area contributed by atoms with Crippen LogP contribution in [0.4, 0.5) is 5.95 Å². The number of carbonyl (C=O) groups is 1. The number of unbranched alkanes of at least 4 members (excludes halogenated alkanes) is 1. The van der Waals surface area contributed by atoms with Crippen LogP contribution < -0.4 is 10.1 Å². The van der Waals surface area contributed by atoms with Gasteiger partial charge in [-0.25, -0.2) is 9.48 Å². The van der Waals surface area contributed by atoms with E-state index in [1.807, 2.05) is 52.0 Å². The molecule has 0 bridgehead atoms. The van der Waals surface area contributed by atoms with Crippen LogP contribution in [-0.4, -0.2) is 39.2 Å². The first kappa shape index (κ1) is 23.2. The predicted octanol–water partition coefficient (Wildman–Crippen LogP) is 5.20. The number of fused-ring (bicyclic) bond motifs is 1. The van der Waals surface area contributed by atoms with E-state index in [4.69, 9.17) is 14.6 Å². The molecule has 0 fully saturated rings. The number of carbonyl (C=O) groups excluding carboxylic acids is 1. The Morgan fingerprint density at radius 2 is 1.97 bits per heavy atom. The highest BCUT2D eigenvalue weighted by atomic mass is 32.2. The van der Waals surface area contributed by atoms with E-state index in [1.165, 1.54) is 0 Å². The van der Waals surface area contributed by atoms with Crippen molar-refractivity contribution in [2.45, 2.75) is 71.2 Å². The number of hydrogen-bond donors (Lipinski definition) is 1. The third-order valence-electron chi connectivity index (χ3n) is 4.79. The molecule has 0 saturated carbocycles. The number of benzene rings is 1. The maximum Gasteiger partial charge on any atom is 0.338 e. The van der Waals surface area contributed by atoms with E-state index in [2.05, 4.69) is 17.2 Å². The zero-order valence-corrected chi connectivity index (χ0v) is 19.8. The number of aromatic nitrogens is 3. The highest BCUT2D eigenvalue weighted by Gasteiger charge is 2.35. The van der Waals surface area contributed by atoms with E-state index in [9.17, 15) is 4.79 Å². The minimum atomic E-state index is -0.415. The van der Waals surface area contributed by atoms with Gasteiger partial charge in [0.15, 0.2) is 0 Å². The number of nitrogens with zero attached hydrogens (tertiary/aromatic N) is 3. The van der Waals surface area contributed by atoms with Crippen molar-refractivity contribution in [2.24, 2.45) is 0 Å². The third kappa shape index (κ3) is 5.61. The summed E-state index contributed by atoms with van der Waals surface area (Å²) < 4.78 is 13.1. The minimum absolute atomic E-state index is 0.0936. The molecular formula is C23H32N4O3S. The van der Waals surface area contributed by atoms with Crippen molar-refractivity contribution in [3.05, 3.63) is 41.1 Å². The van der Waals surface area contributed by atoms with Crippen LogP contribution in [0.2, 0.25) is 0 Å². The van der Waals surface area contributed by atoms with Crippen LogP contribution in [0.3, 0.4) is 0 Å². The van der Waals surface area contributed by atoms with Crippen LogP contribution >= 0.6 is 11.8 Å². The van der Waals surface area contributed by atoms with Gasteiger partial charge in [0.25, 0.3) is 0 Å². The fourth-order valence-electron chi connectivity index (χ4n) is 3.35. The van der Waals surface area contributed by atoms with Crippen LogP contribution in [-0.2, 0) is 9.53 Å². The highest BCUT2D eigenvalue weighted by molar-refractivity contribution is 7.99. The van der Waals surface area contributed by atoms with Crippen molar-refractivity contribution in [2.75, 3.05) is 17.7 Å². The van der Waals surface area contributed by atoms with Crippen LogP contribution in [0, 0.1) is 0 Å². The first-order chi connectivity index (χ1) is 14.9. The van der Waals surface area contributed by atoms with E-state index in [0.29, 0.717) is 23.3 Å². The molecule has 0 amide bonds. The summed E-state index contributed by atoms with van der Waals surface area (Å²) >= 11 is 1.63. The Kier molecular flexibility index (Phi) is 8.01. The number of thioether (sulfide) groups is 1. The Morgan fingerprint density at radius 3 is 2.61 bits per heavy atom. The largest absolute Gasteiger partial charge is 0.491 e. The summed E-state index contributed by atoms with van der Waals surface area (Å²) in [6, 6.07) is 7.39. The Hall–Kier alpha value is -2.48. The summed E-state index contributed by atoms with van der Waals surface area (Å²) in [6.45, 7) is 10.4. The molecule has 1 aromatic heterocycles. The minimum Gasteiger partial charge on any atom is -0.491 e. The summed E-state index contributed by atoms with van der Waals surface area (Å²) in [4.78, 5) is 17.6. The van der Waals surface area contributed by atoms with Gasteiger partial charge in [0.1, 0.15) is 11.8 Å². The van der Waals surface area contributed by atoms with Crippen molar-refractivity contribution in [1.29, 1.82) is 0 Å². The Labute approximate surface area is 188 Å². The second-order valence-electron chi connectivity index (χ2n) is 7.80. The maximum atomic E-state index is 13.0. The van der Waals surface area contributed by atoms with Crippen LogP contribution in [0.15, 0.2) is 40.7 Å². The molecule has 2 heterocycles. The maximum absolute atomic E-state index is 13.0. The van der Waals surface area contributed by atoms with Crippen LogP contribution in [0.5, 0.6) is 5.75 Å². The van der Waals surface area contributed by atoms with Crippen molar-refractivity contribution in [1.82, 2.24) is 14.8 Å². The van der Waals surface area contributed by atoms with Gasteiger partial charge in [0, 0.05) is 11.4 Å². The summed E-state index contributed by atoms with van der Waals surface area (Å²) in [5.74, 6) is 2.05. The molecule has 31 heavy (non-hydrogen) atoms. The average Bonchev–Trinajstić information content (AvgIpc) is 3.13. The van der Waals surface area contributed by atoms with Gasteiger partial charge in [0.05, 0.1) is 18.3 Å². The molecule has 8 heteroatoms. The monoisotopic (exact) mass is 444 g/mol. The number of anilines is 1. The van der Waals surface area contributed by atoms with E-state index >= 15 is 0 Å². The van der Waals surface area contributed by atoms with Crippen molar-refractivity contribution in [3.8, 4) is 5.75 Å². The van der Waals surface area contributed by atoms with Gasteiger partial charge >= 0.3 is 5.97 Å². The number of nitrogens with one attached hydrogen (secondary N) is 1. The lowest BCUT2D eigenvalue weighted by Gasteiger charge is -2.28. The number of hydrogen-bond acceptors (Lipinski definition) is 7. The molecular weight excluding hydrogens is 412 g/mol. The Balaban J connectivity index is 1.98. The van der Waals surface area contributed by atoms with Gasteiger partial charge in [-0.05, 0) is 51.3 Å². The molecule has 1 unspecified atom stereocenters. The van der Waals surface area contributed by atoms with E-state index in [1.54, 1.807) is 16.4 Å². The van der Waals surface area contributed by atoms with Crippen molar-refractivity contribution >= 4 is 23.7 Å². The number of allylic oxidation sites excluding steroid dienone is 1. The molecule has 1 atom stereocenters. The van der Waals surface area contributed by atoms with Gasteiger partial charge < -0.3 is 14.8 Å². The summed E-state index contributed by atoms with van der Waals surface area (Å²) in [5.41, 5.74) is 2.21. The summed E-state index contributed by atoms with van der Waals surface area (Å²) in [7, 11) is 0. The van der Waals surface area contributed by atoms with Gasteiger partial charge in [-0.15, -0.1) is 5.10 Å². The van der Waals surface area contributed by atoms with Gasteiger partial charge in [-0.1, -0.05) is 44.2 Å². The van der Waals surface area contributed by atoms with E-state index in [0.717, 1.165) is 42.0 Å². The summed E-state index contributed by atoms with van der Waals surface area (Å²) in [6.07, 6.45) is 3.09.